The number of benzene rings is 1. The maximum Gasteiger partial charge on any atom is 0.271 e. The molecule has 0 saturated heterocycles. The molecule has 0 aliphatic heterocycles. The summed E-state index contributed by atoms with van der Waals surface area (Å²) < 4.78 is 0. The Morgan fingerprint density at radius 3 is 2.30 bits per heavy atom. The van der Waals surface area contributed by atoms with Crippen LogP contribution in [-0.2, 0) is 5.41 Å². The van der Waals surface area contributed by atoms with E-state index in [9.17, 15) is 4.79 Å². The molecule has 1 aliphatic carbocycles. The van der Waals surface area contributed by atoms with Crippen molar-refractivity contribution in [3.05, 3.63) is 35.4 Å². The summed E-state index contributed by atoms with van der Waals surface area (Å²) in [5.74, 6) is 0.730. The molecule has 0 heterocycles. The van der Waals surface area contributed by atoms with Crippen LogP contribution in [0.3, 0.4) is 0 Å². The zero-order valence-electron chi connectivity index (χ0n) is 15.0. The van der Waals surface area contributed by atoms with Crippen LogP contribution in [0.15, 0.2) is 29.4 Å². The van der Waals surface area contributed by atoms with Crippen LogP contribution in [0.25, 0.3) is 0 Å². The normalized spacial score (nSPS) is 18.6. The van der Waals surface area contributed by atoms with Crippen molar-refractivity contribution in [2.45, 2.75) is 71.6 Å². The summed E-state index contributed by atoms with van der Waals surface area (Å²) in [4.78, 5) is 12.2. The Kier molecular flexibility index (Phi) is 5.97. The summed E-state index contributed by atoms with van der Waals surface area (Å²) in [6.45, 7) is 8.75. The predicted molar refractivity (Wildman–Crippen MR) is 96.9 cm³/mol. The van der Waals surface area contributed by atoms with E-state index in [1.807, 2.05) is 24.3 Å². The van der Waals surface area contributed by atoms with Crippen LogP contribution in [0.1, 0.15) is 82.1 Å². The third kappa shape index (κ3) is 5.19. The van der Waals surface area contributed by atoms with Crippen LogP contribution in [0.4, 0.5) is 0 Å². The van der Waals surface area contributed by atoms with Gasteiger partial charge in [0.15, 0.2) is 0 Å². The van der Waals surface area contributed by atoms with E-state index < -0.39 is 0 Å². The molecule has 126 valence electrons. The van der Waals surface area contributed by atoms with E-state index in [4.69, 9.17) is 0 Å². The highest BCUT2D eigenvalue weighted by Crippen LogP contribution is 2.26. The molecule has 3 heteroatoms. The first-order valence-corrected chi connectivity index (χ1v) is 8.86. The van der Waals surface area contributed by atoms with Gasteiger partial charge >= 0.3 is 0 Å². The monoisotopic (exact) mass is 314 g/mol. The number of hydrogen-bond donors (Lipinski definition) is 1. The van der Waals surface area contributed by atoms with Gasteiger partial charge in [0, 0.05) is 11.3 Å². The predicted octanol–water partition coefficient (Wildman–Crippen LogP) is 5.06. The van der Waals surface area contributed by atoms with E-state index in [-0.39, 0.29) is 11.3 Å². The molecular weight excluding hydrogens is 284 g/mol. The molecule has 0 bridgehead atoms. The van der Waals surface area contributed by atoms with Crippen LogP contribution in [0.2, 0.25) is 0 Å². The van der Waals surface area contributed by atoms with Crippen molar-refractivity contribution < 1.29 is 4.79 Å². The molecule has 0 aromatic heterocycles. The fourth-order valence-corrected chi connectivity index (χ4v) is 3.14. The quantitative estimate of drug-likeness (QED) is 0.775. The number of carbonyl (C=O) groups is 1. The second-order valence-electron chi connectivity index (χ2n) is 7.68. The topological polar surface area (TPSA) is 41.5 Å². The van der Waals surface area contributed by atoms with Gasteiger partial charge in [-0.05, 0) is 54.7 Å². The Hall–Kier alpha value is -1.64. The van der Waals surface area contributed by atoms with Crippen molar-refractivity contribution in [2.75, 3.05) is 0 Å². The highest BCUT2D eigenvalue weighted by molar-refractivity contribution is 5.95. The van der Waals surface area contributed by atoms with Gasteiger partial charge in [-0.1, -0.05) is 52.7 Å². The van der Waals surface area contributed by atoms with E-state index in [1.54, 1.807) is 0 Å². The van der Waals surface area contributed by atoms with Crippen LogP contribution in [0, 0.1) is 5.92 Å². The summed E-state index contributed by atoms with van der Waals surface area (Å²) in [7, 11) is 0. The lowest BCUT2D eigenvalue weighted by Crippen LogP contribution is -2.22. The Labute approximate surface area is 140 Å². The fourth-order valence-electron chi connectivity index (χ4n) is 3.14. The third-order valence-corrected chi connectivity index (χ3v) is 4.71. The molecule has 1 aromatic carbocycles. The number of rotatable bonds is 4. The van der Waals surface area contributed by atoms with Crippen molar-refractivity contribution in [2.24, 2.45) is 11.0 Å². The largest absolute Gasteiger partial charge is 0.271 e. The third-order valence-electron chi connectivity index (χ3n) is 4.71. The van der Waals surface area contributed by atoms with Crippen LogP contribution < -0.4 is 5.43 Å². The second-order valence-corrected chi connectivity index (χ2v) is 7.68. The van der Waals surface area contributed by atoms with Crippen molar-refractivity contribution in [3.8, 4) is 0 Å². The lowest BCUT2D eigenvalue weighted by atomic mass is 9.85. The molecule has 0 spiro atoms. The lowest BCUT2D eigenvalue weighted by molar-refractivity contribution is 0.0954. The first-order chi connectivity index (χ1) is 10.9. The minimum absolute atomic E-state index is 0.104. The molecule has 0 atom stereocenters. The number of nitrogens with zero attached hydrogens (tertiary/aromatic N) is 1. The van der Waals surface area contributed by atoms with Crippen LogP contribution in [0.5, 0.6) is 0 Å². The number of hydrogen-bond acceptors (Lipinski definition) is 2. The molecular formula is C20H30N2O. The van der Waals surface area contributed by atoms with Crippen molar-refractivity contribution in [3.63, 3.8) is 0 Å². The average Bonchev–Trinajstić information content (AvgIpc) is 2.53. The summed E-state index contributed by atoms with van der Waals surface area (Å²) in [6.07, 6.45) is 7.05. The molecule has 0 unspecified atom stereocenters. The maximum atomic E-state index is 12.2. The van der Waals surface area contributed by atoms with Crippen LogP contribution >= 0.6 is 0 Å². The molecule has 1 saturated carbocycles. The lowest BCUT2D eigenvalue weighted by Gasteiger charge is -2.22. The van der Waals surface area contributed by atoms with Gasteiger partial charge in [-0.2, -0.15) is 5.10 Å². The molecule has 23 heavy (non-hydrogen) atoms. The molecule has 1 fully saturated rings. The Balaban J connectivity index is 1.89. The standard InChI is InChI=1S/C20H30N2O/c1-5-6-15-7-13-18(14-8-15)21-22-19(23)16-9-11-17(12-10-16)20(2,3)4/h9-12,15H,5-8,13-14H2,1-4H3,(H,22,23). The van der Waals surface area contributed by atoms with E-state index in [0.717, 1.165) is 24.5 Å². The van der Waals surface area contributed by atoms with Gasteiger partial charge < -0.3 is 0 Å². The van der Waals surface area contributed by atoms with E-state index in [0.29, 0.717) is 5.56 Å². The van der Waals surface area contributed by atoms with Gasteiger partial charge in [0.25, 0.3) is 5.91 Å². The zero-order valence-corrected chi connectivity index (χ0v) is 15.0. The fraction of sp³-hybridized carbons (Fsp3) is 0.600. The maximum absolute atomic E-state index is 12.2. The number of amides is 1. The molecule has 1 aliphatic rings. The summed E-state index contributed by atoms with van der Waals surface area (Å²) >= 11 is 0. The van der Waals surface area contributed by atoms with Crippen molar-refractivity contribution in [1.29, 1.82) is 0 Å². The van der Waals surface area contributed by atoms with Crippen LogP contribution in [-0.4, -0.2) is 11.6 Å². The Morgan fingerprint density at radius 1 is 1.17 bits per heavy atom. The van der Waals surface area contributed by atoms with Gasteiger partial charge in [0.05, 0.1) is 0 Å². The van der Waals surface area contributed by atoms with Gasteiger partial charge in [0.2, 0.25) is 0 Å². The SMILES string of the molecule is CCCC1CCC(=NNC(=O)c2ccc(C(C)(C)C)cc2)CC1. The van der Waals surface area contributed by atoms with Gasteiger partial charge in [0.1, 0.15) is 0 Å². The molecule has 1 amide bonds. The smallest absolute Gasteiger partial charge is 0.267 e. The minimum atomic E-state index is -0.117. The summed E-state index contributed by atoms with van der Waals surface area (Å²) in [5.41, 5.74) is 5.86. The minimum Gasteiger partial charge on any atom is -0.267 e. The van der Waals surface area contributed by atoms with Gasteiger partial charge in [-0.3, -0.25) is 4.79 Å². The molecule has 0 radical (unpaired) electrons. The van der Waals surface area contributed by atoms with Crippen molar-refractivity contribution in [1.82, 2.24) is 5.43 Å². The molecule has 2 rings (SSSR count). The van der Waals surface area contributed by atoms with E-state index in [1.165, 1.54) is 31.2 Å². The average molecular weight is 314 g/mol. The molecule has 1 aromatic rings. The van der Waals surface area contributed by atoms with Gasteiger partial charge in [-0.25, -0.2) is 5.43 Å². The highest BCUT2D eigenvalue weighted by Gasteiger charge is 2.17. The first kappa shape index (κ1) is 17.7. The number of nitrogens with one attached hydrogen (secondary N) is 1. The molecule has 3 nitrogen and oxygen atoms in total. The van der Waals surface area contributed by atoms with E-state index >= 15 is 0 Å². The van der Waals surface area contributed by atoms with E-state index in [2.05, 4.69) is 38.2 Å². The highest BCUT2D eigenvalue weighted by atomic mass is 16.2. The van der Waals surface area contributed by atoms with Crippen molar-refractivity contribution >= 4 is 11.6 Å². The number of carbonyl (C=O) groups excluding carboxylic acids is 1. The first-order valence-electron chi connectivity index (χ1n) is 8.86. The summed E-state index contributed by atoms with van der Waals surface area (Å²) in [6, 6.07) is 7.82. The Bertz CT molecular complexity index is 542. The van der Waals surface area contributed by atoms with Gasteiger partial charge in [-0.15, -0.1) is 0 Å². The zero-order chi connectivity index (χ0) is 16.9. The molecule has 1 N–H and O–H groups in total. The summed E-state index contributed by atoms with van der Waals surface area (Å²) in [5, 5.41) is 4.34. The second kappa shape index (κ2) is 7.76. The number of hydrazone groups is 1. The Morgan fingerprint density at radius 2 is 1.78 bits per heavy atom.